The molecule has 7 N–H and O–H groups in total. The molecular weight excluding hydrogens is 791 g/mol. The molecule has 1 fully saturated rings. The third kappa shape index (κ3) is 17.5. The Balaban J connectivity index is 0.0000116. The van der Waals surface area contributed by atoms with Gasteiger partial charge in [0, 0.05) is 25.8 Å². The van der Waals surface area contributed by atoms with E-state index in [2.05, 4.69) is 25.5 Å². The minimum Gasteiger partial charge on any atom is -0.726 e. The quantitative estimate of drug-likeness (QED) is 0.0297. The summed E-state index contributed by atoms with van der Waals surface area (Å²) in [5.74, 6) is -5.49. The van der Waals surface area contributed by atoms with E-state index in [0.29, 0.717) is 17.5 Å². The van der Waals surface area contributed by atoms with Gasteiger partial charge in [0.2, 0.25) is 39.9 Å². The van der Waals surface area contributed by atoms with Gasteiger partial charge in [-0.1, -0.05) is 74.5 Å². The molecular formula is C37H49N6NaO13S. The molecule has 0 bridgehead atoms. The van der Waals surface area contributed by atoms with Crippen molar-refractivity contribution in [2.45, 2.75) is 89.0 Å². The van der Waals surface area contributed by atoms with E-state index in [1.165, 1.54) is 4.90 Å². The maximum atomic E-state index is 14.1. The summed E-state index contributed by atoms with van der Waals surface area (Å²) < 4.78 is 40.9. The van der Waals surface area contributed by atoms with Crippen LogP contribution in [0.15, 0.2) is 60.7 Å². The molecule has 19 nitrogen and oxygen atoms in total. The van der Waals surface area contributed by atoms with Crippen LogP contribution in [0.4, 0.5) is 4.79 Å². The molecule has 0 saturated carbocycles. The largest absolute Gasteiger partial charge is 1.00 e. The maximum absolute atomic E-state index is 14.1. The van der Waals surface area contributed by atoms with Crippen molar-refractivity contribution in [2.75, 3.05) is 19.8 Å². The molecule has 0 radical (unpaired) electrons. The van der Waals surface area contributed by atoms with Gasteiger partial charge in [0.1, 0.15) is 30.2 Å². The van der Waals surface area contributed by atoms with E-state index in [4.69, 9.17) is 10.5 Å². The first kappa shape index (κ1) is 49.5. The Hall–Kier alpha value is -4.60. The summed E-state index contributed by atoms with van der Waals surface area (Å²) in [5, 5.41) is 19.4. The number of nitrogens with one attached hydrogen (secondary N) is 4. The number of nitrogens with two attached hydrogens (primary N) is 1. The number of aliphatic carboxylic acids is 1. The van der Waals surface area contributed by atoms with E-state index in [0.717, 1.165) is 0 Å². The Kier molecular flexibility index (Phi) is 20.8. The zero-order valence-corrected chi connectivity index (χ0v) is 35.4. The number of carboxylic acid groups (broad SMARTS) is 1. The van der Waals surface area contributed by atoms with Crippen LogP contribution < -0.4 is 56.6 Å². The number of ether oxygens (including phenoxy) is 1. The van der Waals surface area contributed by atoms with Crippen LogP contribution in [0.1, 0.15) is 57.1 Å². The molecule has 2 aromatic rings. The Bertz CT molecular complexity index is 1820. The molecule has 312 valence electrons. The molecule has 58 heavy (non-hydrogen) atoms. The molecule has 6 amide bonds. The first-order chi connectivity index (χ1) is 26.9. The Labute approximate surface area is 358 Å². The number of carbonyl (C=O) groups is 7. The van der Waals surface area contributed by atoms with E-state index >= 15 is 0 Å². The second-order valence-electron chi connectivity index (χ2n) is 13.8. The Morgan fingerprint density at radius 1 is 0.828 bits per heavy atom. The second kappa shape index (κ2) is 24.4. The summed E-state index contributed by atoms with van der Waals surface area (Å²) in [6.07, 6.45) is -1.17. The number of carbonyl (C=O) groups excluding carboxylic acids is 6. The molecule has 0 spiro atoms. The second-order valence-corrected chi connectivity index (χ2v) is 14.9. The van der Waals surface area contributed by atoms with Gasteiger partial charge in [-0.2, -0.15) is 0 Å². The summed E-state index contributed by atoms with van der Waals surface area (Å²) in [6.45, 7) is 2.98. The van der Waals surface area contributed by atoms with Gasteiger partial charge in [-0.3, -0.25) is 33.0 Å². The van der Waals surface area contributed by atoms with E-state index in [1.807, 2.05) is 13.8 Å². The van der Waals surface area contributed by atoms with Crippen molar-refractivity contribution in [3.63, 3.8) is 0 Å². The fourth-order valence-electron chi connectivity index (χ4n) is 6.09. The standard InChI is InChI=1S/C37H50N6O13S.Na/c1-23(2)19-29(42-37(51)55-17-10-18-56-57(52,53)54)36(50)43-16-9-15-30(43)35(49)41-28(21-25-13-7-4-8-14-25)34(48)40-27(20-24-11-5-3-6-12-24)33(47)39-26(32(38)46)22-31(44)45;/h3-8,11-14,23,26-30H,9-10,15-22H2,1-2H3,(H2,38,46)(H,39,47)(H,40,48)(H,41,49)(H,42,51)(H,44,45)(H,52,53,54);/q;+1/p-1/t26-,27-,28-,29-,30-;/m0./s1. The zero-order valence-electron chi connectivity index (χ0n) is 32.6. The number of primary amides is 1. The number of carboxylic acids is 1. The first-order valence-electron chi connectivity index (χ1n) is 18.3. The van der Waals surface area contributed by atoms with Gasteiger partial charge in [-0.25, -0.2) is 13.2 Å². The minimum absolute atomic E-state index is 0. The van der Waals surface area contributed by atoms with E-state index in [-0.39, 0.29) is 80.7 Å². The van der Waals surface area contributed by atoms with Crippen LogP contribution in [0, 0.1) is 5.92 Å². The Morgan fingerprint density at radius 3 is 1.86 bits per heavy atom. The summed E-state index contributed by atoms with van der Waals surface area (Å²) in [4.78, 5) is 92.6. The van der Waals surface area contributed by atoms with E-state index in [1.54, 1.807) is 60.7 Å². The van der Waals surface area contributed by atoms with Crippen molar-refractivity contribution in [3.05, 3.63) is 71.8 Å². The molecule has 0 unspecified atom stereocenters. The third-order valence-electron chi connectivity index (χ3n) is 8.76. The maximum Gasteiger partial charge on any atom is 1.00 e. The fourth-order valence-corrected chi connectivity index (χ4v) is 6.41. The summed E-state index contributed by atoms with van der Waals surface area (Å²) in [7, 11) is -4.91. The van der Waals surface area contributed by atoms with E-state index in [9.17, 15) is 51.6 Å². The number of likely N-dealkylation sites (tertiary alicyclic amines) is 1. The monoisotopic (exact) mass is 840 g/mol. The van der Waals surface area contributed by atoms with Gasteiger partial charge >= 0.3 is 41.6 Å². The number of hydrogen-bond acceptors (Lipinski definition) is 12. The summed E-state index contributed by atoms with van der Waals surface area (Å²) >= 11 is 0. The smallest absolute Gasteiger partial charge is 0.726 e. The van der Waals surface area contributed by atoms with Gasteiger partial charge in [-0.15, -0.1) is 0 Å². The van der Waals surface area contributed by atoms with Crippen molar-refractivity contribution in [1.29, 1.82) is 0 Å². The Morgan fingerprint density at radius 2 is 1.36 bits per heavy atom. The van der Waals surface area contributed by atoms with Crippen LogP contribution in [0.25, 0.3) is 0 Å². The molecule has 1 aliphatic rings. The van der Waals surface area contributed by atoms with Gasteiger partial charge in [-0.05, 0) is 36.3 Å². The fraction of sp³-hybridized carbons (Fsp3) is 0.486. The third-order valence-corrected chi connectivity index (χ3v) is 9.21. The number of amides is 6. The van der Waals surface area contributed by atoms with Crippen LogP contribution in [0.2, 0.25) is 0 Å². The van der Waals surface area contributed by atoms with Crippen molar-refractivity contribution < 1.29 is 90.1 Å². The molecule has 0 aliphatic carbocycles. The number of benzene rings is 2. The van der Waals surface area contributed by atoms with Crippen molar-refractivity contribution in [1.82, 2.24) is 26.2 Å². The number of rotatable bonds is 22. The predicted molar refractivity (Wildman–Crippen MR) is 200 cm³/mol. The first-order valence-corrected chi connectivity index (χ1v) is 19.6. The molecule has 3 rings (SSSR count). The predicted octanol–water partition coefficient (Wildman–Crippen LogP) is -3.11. The molecule has 5 atom stereocenters. The average Bonchev–Trinajstić information content (AvgIpc) is 3.63. The van der Waals surface area contributed by atoms with Crippen LogP contribution in [-0.4, -0.2) is 115 Å². The molecule has 1 aliphatic heterocycles. The summed E-state index contributed by atoms with van der Waals surface area (Å²) in [5.41, 5.74) is 6.61. The molecule has 1 heterocycles. The average molecular weight is 841 g/mol. The van der Waals surface area contributed by atoms with Gasteiger partial charge in [0.25, 0.3) is 0 Å². The van der Waals surface area contributed by atoms with Crippen LogP contribution >= 0.6 is 0 Å². The SMILES string of the molecule is CC(C)C[C@H](NC(=O)OCCCOS(=O)(=O)[O-])C(=O)N1CCC[C@H]1C(=O)N[C@@H](Cc1ccccc1)C(=O)N[C@@H](Cc1ccccc1)C(=O)N[C@@H](CC(=O)O)C(N)=O.[Na+]. The van der Waals surface area contributed by atoms with Crippen molar-refractivity contribution in [3.8, 4) is 0 Å². The molecule has 1 saturated heterocycles. The van der Waals surface area contributed by atoms with Crippen LogP contribution in [-0.2, 0) is 60.9 Å². The van der Waals surface area contributed by atoms with E-state index < -0.39 is 95.2 Å². The topological polar surface area (TPSA) is 293 Å². The summed E-state index contributed by atoms with van der Waals surface area (Å²) in [6, 6.07) is 10.9. The minimum atomic E-state index is -4.91. The van der Waals surface area contributed by atoms with Gasteiger partial charge in [0.15, 0.2) is 0 Å². The van der Waals surface area contributed by atoms with Crippen molar-refractivity contribution >= 4 is 52.0 Å². The molecule has 2 aromatic carbocycles. The van der Waals surface area contributed by atoms with Crippen LogP contribution in [0.3, 0.4) is 0 Å². The van der Waals surface area contributed by atoms with Gasteiger partial charge in [0.05, 0.1) is 19.6 Å². The van der Waals surface area contributed by atoms with Gasteiger partial charge < -0.3 is 46.3 Å². The number of hydrogen-bond donors (Lipinski definition) is 6. The zero-order chi connectivity index (χ0) is 42.1. The molecule has 0 aromatic heterocycles. The van der Waals surface area contributed by atoms with Crippen molar-refractivity contribution in [2.24, 2.45) is 11.7 Å². The molecule has 21 heteroatoms. The number of alkyl carbamates (subject to hydrolysis) is 1. The number of nitrogens with zero attached hydrogens (tertiary/aromatic N) is 1. The van der Waals surface area contributed by atoms with Crippen LogP contribution in [0.5, 0.6) is 0 Å². The normalized spacial score (nSPS) is 15.8.